The van der Waals surface area contributed by atoms with Crippen molar-refractivity contribution >= 4 is 11.9 Å². The molecule has 0 aliphatic carbocycles. The lowest BCUT2D eigenvalue weighted by atomic mass is 9.96. The van der Waals surface area contributed by atoms with Gasteiger partial charge in [-0.15, -0.1) is 0 Å². The number of aliphatic hydroxyl groups excluding tert-OH is 2. The maximum absolute atomic E-state index is 12.2. The normalized spacial score (nSPS) is 26.0. The predicted octanol–water partition coefficient (Wildman–Crippen LogP) is 1.01. The third-order valence-electron chi connectivity index (χ3n) is 4.74. The van der Waals surface area contributed by atoms with Crippen molar-refractivity contribution in [2.45, 2.75) is 44.2 Å². The molecule has 30 heavy (non-hydrogen) atoms. The van der Waals surface area contributed by atoms with E-state index in [1.807, 2.05) is 30.3 Å². The van der Waals surface area contributed by atoms with Crippen LogP contribution in [-0.2, 0) is 25.6 Å². The molecule has 0 spiro atoms. The molecule has 1 heterocycles. The first-order valence-electron chi connectivity index (χ1n) is 9.62. The first-order valence-corrected chi connectivity index (χ1v) is 9.62. The summed E-state index contributed by atoms with van der Waals surface area (Å²) in [4.78, 5) is 23.7. The number of rotatable bonds is 7. The number of benzene rings is 2. The molecule has 5 atom stereocenters. The zero-order valence-corrected chi connectivity index (χ0v) is 16.5. The lowest BCUT2D eigenvalue weighted by Crippen LogP contribution is -2.64. The molecule has 1 amide bonds. The molecule has 1 aliphatic heterocycles. The van der Waals surface area contributed by atoms with E-state index in [4.69, 9.17) is 14.2 Å². The van der Waals surface area contributed by atoms with Crippen molar-refractivity contribution in [3.8, 4) is 0 Å². The summed E-state index contributed by atoms with van der Waals surface area (Å²) >= 11 is 0. The van der Waals surface area contributed by atoms with Crippen LogP contribution in [0.4, 0.5) is 0 Å². The number of hydrogen-bond donors (Lipinski definition) is 3. The highest BCUT2D eigenvalue weighted by atomic mass is 16.6. The summed E-state index contributed by atoms with van der Waals surface area (Å²) in [6.45, 7) is 1.16. The number of nitrogens with one attached hydrogen (secondary N) is 1. The molecule has 2 aromatic rings. The molecule has 1 aliphatic rings. The Balaban J connectivity index is 1.68. The maximum atomic E-state index is 12.2. The zero-order valence-electron chi connectivity index (χ0n) is 16.5. The van der Waals surface area contributed by atoms with Gasteiger partial charge in [0, 0.05) is 6.92 Å². The molecule has 0 radical (unpaired) electrons. The average Bonchev–Trinajstić information content (AvgIpc) is 2.75. The van der Waals surface area contributed by atoms with Crippen molar-refractivity contribution in [1.82, 2.24) is 5.32 Å². The van der Waals surface area contributed by atoms with Crippen molar-refractivity contribution in [2.75, 3.05) is 6.61 Å². The van der Waals surface area contributed by atoms with Crippen LogP contribution in [0.3, 0.4) is 0 Å². The number of carbonyl (C=O) groups excluding carboxylic acids is 2. The minimum Gasteiger partial charge on any atom is -0.459 e. The molecule has 0 bridgehead atoms. The van der Waals surface area contributed by atoms with Gasteiger partial charge < -0.3 is 29.7 Å². The van der Waals surface area contributed by atoms with Crippen LogP contribution in [-0.4, -0.2) is 59.3 Å². The van der Waals surface area contributed by atoms with Crippen LogP contribution in [0.25, 0.3) is 0 Å². The van der Waals surface area contributed by atoms with Crippen molar-refractivity contribution in [2.24, 2.45) is 0 Å². The topological polar surface area (TPSA) is 114 Å². The van der Waals surface area contributed by atoms with Crippen molar-refractivity contribution in [3.63, 3.8) is 0 Å². The molecule has 2 unspecified atom stereocenters. The van der Waals surface area contributed by atoms with E-state index in [-0.39, 0.29) is 13.2 Å². The fourth-order valence-corrected chi connectivity index (χ4v) is 3.24. The summed E-state index contributed by atoms with van der Waals surface area (Å²) in [7, 11) is 0. The second-order valence-corrected chi connectivity index (χ2v) is 7.01. The molecule has 3 N–H and O–H groups in total. The van der Waals surface area contributed by atoms with Crippen LogP contribution in [0.15, 0.2) is 60.7 Å². The van der Waals surface area contributed by atoms with E-state index in [0.29, 0.717) is 5.56 Å². The molecule has 1 fully saturated rings. The third kappa shape index (κ3) is 5.64. The Bertz CT molecular complexity index is 830. The summed E-state index contributed by atoms with van der Waals surface area (Å²) < 4.78 is 16.5. The molecular formula is C22H25NO7. The van der Waals surface area contributed by atoms with E-state index in [2.05, 4.69) is 5.32 Å². The number of aliphatic hydroxyl groups is 2. The van der Waals surface area contributed by atoms with Gasteiger partial charge in [0.1, 0.15) is 31.0 Å². The monoisotopic (exact) mass is 415 g/mol. The largest absolute Gasteiger partial charge is 0.459 e. The molecule has 3 rings (SSSR count). The maximum Gasteiger partial charge on any atom is 0.338 e. The van der Waals surface area contributed by atoms with E-state index >= 15 is 0 Å². The first-order chi connectivity index (χ1) is 14.5. The fraction of sp³-hybridized carbons (Fsp3) is 0.364. The standard InChI is InChI=1S/C22H25NO7/c1-14(24)23-18-20(28-12-15-8-4-2-5-9-15)19(25)17(30-22(18)27)13-29-21(26)16-10-6-3-7-11-16/h2-11,17-20,22,25,27H,12-13H2,1H3,(H,23,24)/t17?,18?,19-,20-,22+/m1/s1. The summed E-state index contributed by atoms with van der Waals surface area (Å²) in [6.07, 6.45) is -4.70. The second-order valence-electron chi connectivity index (χ2n) is 7.01. The number of esters is 1. The van der Waals surface area contributed by atoms with Gasteiger partial charge in [-0.2, -0.15) is 0 Å². The van der Waals surface area contributed by atoms with E-state index in [9.17, 15) is 19.8 Å². The third-order valence-corrected chi connectivity index (χ3v) is 4.74. The Kier molecular flexibility index (Phi) is 7.53. The van der Waals surface area contributed by atoms with E-state index in [0.717, 1.165) is 5.56 Å². The average molecular weight is 415 g/mol. The van der Waals surface area contributed by atoms with Crippen LogP contribution in [0.5, 0.6) is 0 Å². The Morgan fingerprint density at radius 1 is 1.03 bits per heavy atom. The van der Waals surface area contributed by atoms with Gasteiger partial charge in [0.15, 0.2) is 6.29 Å². The molecule has 2 aromatic carbocycles. The highest BCUT2D eigenvalue weighted by molar-refractivity contribution is 5.89. The van der Waals surface area contributed by atoms with E-state index in [1.165, 1.54) is 6.92 Å². The van der Waals surface area contributed by atoms with Crippen molar-refractivity contribution in [3.05, 3.63) is 71.8 Å². The zero-order chi connectivity index (χ0) is 21.5. The minimum absolute atomic E-state index is 0.155. The van der Waals surface area contributed by atoms with Gasteiger partial charge >= 0.3 is 5.97 Å². The van der Waals surface area contributed by atoms with Gasteiger partial charge in [0.2, 0.25) is 5.91 Å². The van der Waals surface area contributed by atoms with Gasteiger partial charge in [-0.05, 0) is 17.7 Å². The van der Waals surface area contributed by atoms with Crippen molar-refractivity contribution < 1.29 is 34.0 Å². The Morgan fingerprint density at radius 2 is 1.67 bits per heavy atom. The van der Waals surface area contributed by atoms with Gasteiger partial charge in [0.05, 0.1) is 12.2 Å². The Hall–Kier alpha value is -2.78. The SMILES string of the molecule is CC(=O)NC1[C@@H](OCc2ccccc2)[C@H](O)C(COC(=O)c2ccccc2)O[C@@H]1O. The number of hydrogen-bond acceptors (Lipinski definition) is 7. The second kappa shape index (κ2) is 10.3. The van der Waals surface area contributed by atoms with Gasteiger partial charge in [0.25, 0.3) is 0 Å². The van der Waals surface area contributed by atoms with Gasteiger partial charge in [-0.3, -0.25) is 4.79 Å². The number of amides is 1. The summed E-state index contributed by atoms with van der Waals surface area (Å²) in [5.41, 5.74) is 1.22. The highest BCUT2D eigenvalue weighted by Crippen LogP contribution is 2.24. The lowest BCUT2D eigenvalue weighted by molar-refractivity contribution is -0.263. The van der Waals surface area contributed by atoms with E-state index < -0.39 is 42.5 Å². The summed E-state index contributed by atoms with van der Waals surface area (Å²) in [6, 6.07) is 16.7. The first kappa shape index (κ1) is 21.9. The van der Waals surface area contributed by atoms with Gasteiger partial charge in [-0.25, -0.2) is 4.79 Å². The Labute approximate surface area is 174 Å². The van der Waals surface area contributed by atoms with Crippen LogP contribution in [0, 0.1) is 0 Å². The summed E-state index contributed by atoms with van der Waals surface area (Å²) in [5.74, 6) is -0.983. The lowest BCUT2D eigenvalue weighted by Gasteiger charge is -2.42. The van der Waals surface area contributed by atoms with Crippen LogP contribution >= 0.6 is 0 Å². The molecule has 0 aromatic heterocycles. The number of ether oxygens (including phenoxy) is 3. The molecule has 1 saturated heterocycles. The molecule has 160 valence electrons. The predicted molar refractivity (Wildman–Crippen MR) is 106 cm³/mol. The molecule has 8 nitrogen and oxygen atoms in total. The quantitative estimate of drug-likeness (QED) is 0.578. The minimum atomic E-state index is -1.45. The van der Waals surface area contributed by atoms with Crippen LogP contribution in [0.2, 0.25) is 0 Å². The summed E-state index contributed by atoms with van der Waals surface area (Å²) in [5, 5.41) is 23.7. The number of carbonyl (C=O) groups is 2. The van der Waals surface area contributed by atoms with Crippen LogP contribution in [0.1, 0.15) is 22.8 Å². The van der Waals surface area contributed by atoms with Crippen molar-refractivity contribution in [1.29, 1.82) is 0 Å². The molecular weight excluding hydrogens is 390 g/mol. The Morgan fingerprint density at radius 3 is 2.30 bits per heavy atom. The van der Waals surface area contributed by atoms with E-state index in [1.54, 1.807) is 30.3 Å². The van der Waals surface area contributed by atoms with Crippen LogP contribution < -0.4 is 5.32 Å². The smallest absolute Gasteiger partial charge is 0.338 e. The highest BCUT2D eigenvalue weighted by Gasteiger charge is 2.46. The fourth-order valence-electron chi connectivity index (χ4n) is 3.24. The molecule has 8 heteroatoms. The van der Waals surface area contributed by atoms with Gasteiger partial charge in [-0.1, -0.05) is 48.5 Å². The molecule has 0 saturated carbocycles.